The van der Waals surface area contributed by atoms with E-state index in [1.54, 1.807) is 6.07 Å². The fourth-order valence-corrected chi connectivity index (χ4v) is 2.00. The summed E-state index contributed by atoms with van der Waals surface area (Å²) < 4.78 is 5.74. The van der Waals surface area contributed by atoms with E-state index in [2.05, 4.69) is 4.98 Å². The van der Waals surface area contributed by atoms with Crippen molar-refractivity contribution in [3.8, 4) is 5.75 Å². The van der Waals surface area contributed by atoms with Crippen molar-refractivity contribution >= 4 is 16.6 Å². The average Bonchev–Trinajstić information content (AvgIpc) is 2.46. The van der Waals surface area contributed by atoms with Crippen LogP contribution in [-0.4, -0.2) is 4.98 Å². The quantitative estimate of drug-likeness (QED) is 0.716. The Morgan fingerprint density at radius 3 is 2.60 bits per heavy atom. The van der Waals surface area contributed by atoms with Crippen molar-refractivity contribution in [1.29, 1.82) is 0 Å². The van der Waals surface area contributed by atoms with Gasteiger partial charge in [-0.25, -0.2) is 0 Å². The summed E-state index contributed by atoms with van der Waals surface area (Å²) in [4.78, 5) is 14.0. The maximum atomic E-state index is 11.2. The first-order valence-electron chi connectivity index (χ1n) is 6.31. The molecule has 0 fully saturated rings. The third-order valence-corrected chi connectivity index (χ3v) is 3.08. The third-order valence-electron chi connectivity index (χ3n) is 3.08. The van der Waals surface area contributed by atoms with Gasteiger partial charge in [0.25, 0.3) is 0 Å². The van der Waals surface area contributed by atoms with Gasteiger partial charge in [0.1, 0.15) is 12.4 Å². The summed E-state index contributed by atoms with van der Waals surface area (Å²) in [6.45, 7) is 0.481. The highest BCUT2D eigenvalue weighted by Crippen LogP contribution is 2.19. The molecule has 0 unspecified atom stereocenters. The Balaban J connectivity index is 1.79. The molecule has 0 amide bonds. The van der Waals surface area contributed by atoms with E-state index in [0.29, 0.717) is 6.61 Å². The fraction of sp³-hybridized carbons (Fsp3) is 0.0625. The molecule has 0 saturated carbocycles. The van der Waals surface area contributed by atoms with Gasteiger partial charge in [0, 0.05) is 22.7 Å². The number of nitrogen functional groups attached to an aromatic ring is 1. The Morgan fingerprint density at radius 1 is 1.00 bits per heavy atom. The second kappa shape index (κ2) is 5.09. The molecule has 3 rings (SSSR count). The lowest BCUT2D eigenvalue weighted by Crippen LogP contribution is -2.02. The number of anilines is 1. The summed E-state index contributed by atoms with van der Waals surface area (Å²) in [6.07, 6.45) is 0. The number of benzene rings is 2. The molecule has 2 aromatic carbocycles. The molecule has 0 aliphatic carbocycles. The van der Waals surface area contributed by atoms with E-state index in [1.807, 2.05) is 42.5 Å². The first kappa shape index (κ1) is 12.3. The molecule has 0 aliphatic heterocycles. The minimum atomic E-state index is -0.104. The van der Waals surface area contributed by atoms with Crippen molar-refractivity contribution in [3.63, 3.8) is 0 Å². The van der Waals surface area contributed by atoms with Crippen LogP contribution in [0, 0.1) is 0 Å². The number of aromatic nitrogens is 1. The van der Waals surface area contributed by atoms with Crippen LogP contribution < -0.4 is 16.0 Å². The van der Waals surface area contributed by atoms with Crippen LogP contribution in [0.15, 0.2) is 59.4 Å². The number of nitrogens with one attached hydrogen (secondary N) is 1. The van der Waals surface area contributed by atoms with E-state index in [0.717, 1.165) is 27.9 Å². The largest absolute Gasteiger partial charge is 0.489 e. The Labute approximate surface area is 115 Å². The lowest BCUT2D eigenvalue weighted by Gasteiger charge is -2.07. The molecule has 0 bridgehead atoms. The molecular formula is C16H14N2O2. The molecule has 1 aromatic heterocycles. The number of nitrogens with two attached hydrogens (primary N) is 1. The molecule has 0 saturated heterocycles. The molecule has 20 heavy (non-hydrogen) atoms. The maximum absolute atomic E-state index is 11.2. The van der Waals surface area contributed by atoms with Gasteiger partial charge in [-0.1, -0.05) is 12.1 Å². The van der Waals surface area contributed by atoms with Gasteiger partial charge >= 0.3 is 0 Å². The minimum Gasteiger partial charge on any atom is -0.489 e. The zero-order valence-corrected chi connectivity index (χ0v) is 10.8. The second-order valence-electron chi connectivity index (χ2n) is 4.60. The second-order valence-corrected chi connectivity index (χ2v) is 4.60. The van der Waals surface area contributed by atoms with Gasteiger partial charge in [-0.05, 0) is 42.0 Å². The molecule has 0 atom stereocenters. The van der Waals surface area contributed by atoms with E-state index in [-0.39, 0.29) is 5.56 Å². The fourth-order valence-electron chi connectivity index (χ4n) is 2.00. The number of hydrogen-bond acceptors (Lipinski definition) is 3. The highest BCUT2D eigenvalue weighted by atomic mass is 16.5. The number of pyridine rings is 1. The summed E-state index contributed by atoms with van der Waals surface area (Å²) in [5, 5.41) is 0.944. The number of fused-ring (bicyclic) bond motifs is 1. The summed E-state index contributed by atoms with van der Waals surface area (Å²) in [5.41, 5.74) is 8.13. The summed E-state index contributed by atoms with van der Waals surface area (Å²) in [6, 6.07) is 16.5. The van der Waals surface area contributed by atoms with Gasteiger partial charge in [-0.3, -0.25) is 4.79 Å². The van der Waals surface area contributed by atoms with Gasteiger partial charge in [0.15, 0.2) is 0 Å². The Morgan fingerprint density at radius 2 is 1.80 bits per heavy atom. The predicted octanol–water partition coefficient (Wildman–Crippen LogP) is 2.69. The first-order chi connectivity index (χ1) is 9.70. The summed E-state index contributed by atoms with van der Waals surface area (Å²) in [7, 11) is 0. The van der Waals surface area contributed by atoms with Crippen LogP contribution in [0.5, 0.6) is 5.75 Å². The van der Waals surface area contributed by atoms with Crippen molar-refractivity contribution < 1.29 is 4.74 Å². The minimum absolute atomic E-state index is 0.104. The van der Waals surface area contributed by atoms with Crippen LogP contribution in [0.2, 0.25) is 0 Å². The standard InChI is InChI=1S/C16H14N2O2/c17-13-4-1-11(2-5-13)10-20-14-6-7-15-12(9-14)3-8-16(19)18-15/h1-9H,10,17H2,(H,18,19). The molecule has 3 aromatic rings. The Bertz CT molecular complexity index is 791. The van der Waals surface area contributed by atoms with Crippen molar-refractivity contribution in [1.82, 2.24) is 4.98 Å². The third kappa shape index (κ3) is 2.64. The molecule has 1 heterocycles. The van der Waals surface area contributed by atoms with Crippen molar-refractivity contribution in [2.45, 2.75) is 6.61 Å². The lowest BCUT2D eigenvalue weighted by molar-refractivity contribution is 0.306. The maximum Gasteiger partial charge on any atom is 0.248 e. The Hall–Kier alpha value is -2.75. The van der Waals surface area contributed by atoms with E-state index in [9.17, 15) is 4.79 Å². The average molecular weight is 266 g/mol. The molecule has 4 nitrogen and oxygen atoms in total. The molecule has 100 valence electrons. The van der Waals surface area contributed by atoms with Crippen molar-refractivity contribution in [3.05, 3.63) is 70.5 Å². The van der Waals surface area contributed by atoms with Crippen LogP contribution in [-0.2, 0) is 6.61 Å². The molecule has 0 spiro atoms. The van der Waals surface area contributed by atoms with Crippen LogP contribution in [0.25, 0.3) is 10.9 Å². The number of H-pyrrole nitrogens is 1. The van der Waals surface area contributed by atoms with E-state index in [4.69, 9.17) is 10.5 Å². The van der Waals surface area contributed by atoms with Crippen molar-refractivity contribution in [2.24, 2.45) is 0 Å². The lowest BCUT2D eigenvalue weighted by atomic mass is 10.2. The summed E-state index contributed by atoms with van der Waals surface area (Å²) >= 11 is 0. The van der Waals surface area contributed by atoms with Crippen molar-refractivity contribution in [2.75, 3.05) is 5.73 Å². The molecule has 3 N–H and O–H groups in total. The number of hydrogen-bond donors (Lipinski definition) is 2. The van der Waals surface area contributed by atoms with E-state index >= 15 is 0 Å². The zero-order valence-electron chi connectivity index (χ0n) is 10.8. The molecule has 0 radical (unpaired) electrons. The van der Waals surface area contributed by atoms with Gasteiger partial charge in [-0.2, -0.15) is 0 Å². The van der Waals surface area contributed by atoms with Gasteiger partial charge in [0.2, 0.25) is 5.56 Å². The van der Waals surface area contributed by atoms with Crippen LogP contribution in [0.4, 0.5) is 5.69 Å². The topological polar surface area (TPSA) is 68.1 Å². The van der Waals surface area contributed by atoms with E-state index in [1.165, 1.54) is 6.07 Å². The van der Waals surface area contributed by atoms with Gasteiger partial charge in [-0.15, -0.1) is 0 Å². The first-order valence-corrected chi connectivity index (χ1v) is 6.31. The highest BCUT2D eigenvalue weighted by molar-refractivity contribution is 5.79. The zero-order chi connectivity index (χ0) is 13.9. The van der Waals surface area contributed by atoms with Crippen LogP contribution in [0.1, 0.15) is 5.56 Å². The molecular weight excluding hydrogens is 252 g/mol. The SMILES string of the molecule is Nc1ccc(COc2ccc3[nH]c(=O)ccc3c2)cc1. The smallest absolute Gasteiger partial charge is 0.248 e. The summed E-state index contributed by atoms with van der Waals surface area (Å²) in [5.74, 6) is 0.765. The number of ether oxygens (including phenoxy) is 1. The molecule has 0 aliphatic rings. The number of aromatic amines is 1. The number of rotatable bonds is 3. The molecule has 4 heteroatoms. The van der Waals surface area contributed by atoms with E-state index < -0.39 is 0 Å². The van der Waals surface area contributed by atoms with Gasteiger partial charge in [0.05, 0.1) is 0 Å². The van der Waals surface area contributed by atoms with Crippen LogP contribution in [0.3, 0.4) is 0 Å². The Kier molecular flexibility index (Phi) is 3.13. The monoisotopic (exact) mass is 266 g/mol. The van der Waals surface area contributed by atoms with Gasteiger partial charge < -0.3 is 15.5 Å². The predicted molar refractivity (Wildman–Crippen MR) is 79.8 cm³/mol. The highest BCUT2D eigenvalue weighted by Gasteiger charge is 1.99. The van der Waals surface area contributed by atoms with Crippen LogP contribution >= 0.6 is 0 Å². The normalized spacial score (nSPS) is 10.6.